The van der Waals surface area contributed by atoms with E-state index in [1.807, 2.05) is 0 Å². The average Bonchev–Trinajstić information content (AvgIpc) is 2.64. The third-order valence-corrected chi connectivity index (χ3v) is 9.98. The highest BCUT2D eigenvalue weighted by Crippen LogP contribution is 2.69. The summed E-state index contributed by atoms with van der Waals surface area (Å²) in [6, 6.07) is 0. The molecule has 0 aromatic heterocycles. The molecule has 0 aliphatic heterocycles. The van der Waals surface area contributed by atoms with Crippen LogP contribution in [-0.4, -0.2) is 50.0 Å². The van der Waals surface area contributed by atoms with Crippen molar-refractivity contribution in [3.63, 3.8) is 0 Å². The molecule has 0 radical (unpaired) electrons. The molecule has 10 heteroatoms. The lowest BCUT2D eigenvalue weighted by Crippen LogP contribution is -2.55. The standard InChI is InChI=1S/C21H34O8S2/c22-19(29-5-7-31(26,27)28)17-2-1-3-18(9-17)21-12-15-8-16(13-21)11-20(10-15,14-21)4-6-30(23,24)25/h15-18H,1-14H2,(H,23,24,25)(H,26,27,28). The summed E-state index contributed by atoms with van der Waals surface area (Å²) in [5.41, 5.74) is 0.125. The molecular formula is C21H34O8S2. The molecule has 2 N–H and O–H groups in total. The van der Waals surface area contributed by atoms with Gasteiger partial charge in [0.05, 0.1) is 11.7 Å². The van der Waals surface area contributed by atoms with Crippen molar-refractivity contribution in [3.8, 4) is 0 Å². The fourth-order valence-corrected chi connectivity index (χ4v) is 8.95. The van der Waals surface area contributed by atoms with Crippen LogP contribution in [0.1, 0.15) is 70.6 Å². The summed E-state index contributed by atoms with van der Waals surface area (Å²) in [7, 11) is -8.13. The van der Waals surface area contributed by atoms with Crippen LogP contribution in [-0.2, 0) is 29.8 Å². The lowest BCUT2D eigenvalue weighted by Gasteiger charge is -2.65. The Kier molecular flexibility index (Phi) is 6.24. The van der Waals surface area contributed by atoms with E-state index in [-0.39, 0.29) is 35.1 Å². The lowest BCUT2D eigenvalue weighted by molar-refractivity contribution is -0.159. The fraction of sp³-hybridized carbons (Fsp3) is 0.952. The maximum Gasteiger partial charge on any atom is 0.308 e. The molecule has 0 aromatic carbocycles. The van der Waals surface area contributed by atoms with Crippen LogP contribution in [0.2, 0.25) is 0 Å². The van der Waals surface area contributed by atoms with Gasteiger partial charge in [0, 0.05) is 0 Å². The second-order valence-electron chi connectivity index (χ2n) is 10.9. The lowest BCUT2D eigenvalue weighted by atomic mass is 9.40. The maximum absolute atomic E-state index is 12.5. The highest BCUT2D eigenvalue weighted by molar-refractivity contribution is 7.86. The minimum atomic E-state index is -4.15. The molecule has 5 fully saturated rings. The van der Waals surface area contributed by atoms with E-state index >= 15 is 0 Å². The Morgan fingerprint density at radius 1 is 0.903 bits per heavy atom. The van der Waals surface area contributed by atoms with Crippen molar-refractivity contribution in [1.29, 1.82) is 0 Å². The first-order valence-corrected chi connectivity index (χ1v) is 14.7. The number of ether oxygens (including phenoxy) is 1. The summed E-state index contributed by atoms with van der Waals surface area (Å²) in [6.07, 6.45) is 10.6. The topological polar surface area (TPSA) is 135 Å². The van der Waals surface area contributed by atoms with Crippen molar-refractivity contribution in [2.24, 2.45) is 34.5 Å². The molecule has 31 heavy (non-hydrogen) atoms. The number of hydrogen-bond acceptors (Lipinski definition) is 6. The SMILES string of the molecule is O=C(OCCS(=O)(=O)O)C1CCCC(C23CC4CC(CC(CCS(=O)(=O)O)(C4)C2)C3)C1. The number of rotatable bonds is 8. The molecule has 0 spiro atoms. The molecule has 8 nitrogen and oxygen atoms in total. The summed E-state index contributed by atoms with van der Waals surface area (Å²) >= 11 is 0. The smallest absolute Gasteiger partial charge is 0.308 e. The molecule has 0 aromatic rings. The van der Waals surface area contributed by atoms with E-state index in [4.69, 9.17) is 9.29 Å². The van der Waals surface area contributed by atoms with E-state index in [0.29, 0.717) is 24.2 Å². The van der Waals surface area contributed by atoms with Gasteiger partial charge in [-0.05, 0) is 92.8 Å². The van der Waals surface area contributed by atoms with Gasteiger partial charge in [-0.2, -0.15) is 16.8 Å². The summed E-state index contributed by atoms with van der Waals surface area (Å²) < 4.78 is 67.8. The number of carbonyl (C=O) groups excluding carboxylic acids is 1. The van der Waals surface area contributed by atoms with E-state index in [1.54, 1.807) is 0 Å². The van der Waals surface area contributed by atoms with E-state index < -0.39 is 26.0 Å². The molecule has 5 rings (SSSR count). The molecule has 0 heterocycles. The third-order valence-electron chi connectivity index (χ3n) is 8.58. The Morgan fingerprint density at radius 2 is 1.55 bits per heavy atom. The molecule has 0 amide bonds. The van der Waals surface area contributed by atoms with Crippen LogP contribution in [0.3, 0.4) is 0 Å². The molecule has 4 atom stereocenters. The predicted octanol–water partition coefficient (Wildman–Crippen LogP) is 3.09. The van der Waals surface area contributed by atoms with E-state index in [2.05, 4.69) is 0 Å². The van der Waals surface area contributed by atoms with Crippen LogP contribution in [0.5, 0.6) is 0 Å². The highest BCUT2D eigenvalue weighted by Gasteiger charge is 2.60. The number of carbonyl (C=O) groups is 1. The van der Waals surface area contributed by atoms with Gasteiger partial charge < -0.3 is 4.74 Å². The van der Waals surface area contributed by atoms with Crippen molar-refractivity contribution in [2.45, 2.75) is 70.6 Å². The van der Waals surface area contributed by atoms with Gasteiger partial charge in [-0.1, -0.05) is 6.42 Å². The zero-order valence-electron chi connectivity index (χ0n) is 17.9. The summed E-state index contributed by atoms with van der Waals surface area (Å²) in [4.78, 5) is 12.5. The van der Waals surface area contributed by atoms with Gasteiger partial charge in [0.25, 0.3) is 20.2 Å². The van der Waals surface area contributed by atoms with Crippen LogP contribution in [0, 0.1) is 34.5 Å². The fourth-order valence-electron chi connectivity index (χ4n) is 7.97. The monoisotopic (exact) mass is 478 g/mol. The first-order chi connectivity index (χ1) is 14.4. The zero-order chi connectivity index (χ0) is 22.5. The minimum absolute atomic E-state index is 0.0111. The van der Waals surface area contributed by atoms with Gasteiger partial charge in [0.1, 0.15) is 12.4 Å². The van der Waals surface area contributed by atoms with Gasteiger partial charge in [-0.25, -0.2) is 0 Å². The minimum Gasteiger partial charge on any atom is -0.464 e. The summed E-state index contributed by atoms with van der Waals surface area (Å²) in [6.45, 7) is -0.327. The van der Waals surface area contributed by atoms with Crippen LogP contribution in [0.25, 0.3) is 0 Å². The Bertz CT molecular complexity index is 896. The van der Waals surface area contributed by atoms with E-state index in [1.165, 1.54) is 6.42 Å². The Hall–Kier alpha value is -0.710. The quantitative estimate of drug-likeness (QED) is 0.401. The molecule has 4 unspecified atom stereocenters. The van der Waals surface area contributed by atoms with E-state index in [9.17, 15) is 26.2 Å². The van der Waals surface area contributed by atoms with Crippen LogP contribution >= 0.6 is 0 Å². The largest absolute Gasteiger partial charge is 0.464 e. The molecule has 5 aliphatic rings. The number of hydrogen-bond donors (Lipinski definition) is 2. The van der Waals surface area contributed by atoms with Gasteiger partial charge in [-0.15, -0.1) is 0 Å². The molecule has 5 saturated carbocycles. The van der Waals surface area contributed by atoms with E-state index in [0.717, 1.165) is 57.8 Å². The Morgan fingerprint density at radius 3 is 2.16 bits per heavy atom. The molecule has 5 aliphatic carbocycles. The summed E-state index contributed by atoms with van der Waals surface area (Å²) in [5.74, 6) is 0.209. The van der Waals surface area contributed by atoms with Crippen LogP contribution < -0.4 is 0 Å². The zero-order valence-corrected chi connectivity index (χ0v) is 19.5. The summed E-state index contributed by atoms with van der Waals surface area (Å²) in [5, 5.41) is 0. The molecule has 0 saturated heterocycles. The van der Waals surface area contributed by atoms with Crippen molar-refractivity contribution in [1.82, 2.24) is 0 Å². The first kappa shape index (κ1) is 23.4. The molecular weight excluding hydrogens is 444 g/mol. The van der Waals surface area contributed by atoms with Gasteiger partial charge >= 0.3 is 5.97 Å². The molecule has 4 bridgehead atoms. The van der Waals surface area contributed by atoms with Crippen molar-refractivity contribution < 1.29 is 35.5 Å². The van der Waals surface area contributed by atoms with Gasteiger partial charge in [-0.3, -0.25) is 13.9 Å². The predicted molar refractivity (Wildman–Crippen MR) is 113 cm³/mol. The normalized spacial score (nSPS) is 40.1. The van der Waals surface area contributed by atoms with Gasteiger partial charge in [0.2, 0.25) is 0 Å². The van der Waals surface area contributed by atoms with Crippen LogP contribution in [0.4, 0.5) is 0 Å². The second kappa shape index (κ2) is 8.25. The maximum atomic E-state index is 12.5. The highest BCUT2D eigenvalue weighted by atomic mass is 32.2. The van der Waals surface area contributed by atoms with Crippen molar-refractivity contribution in [3.05, 3.63) is 0 Å². The van der Waals surface area contributed by atoms with Gasteiger partial charge in [0.15, 0.2) is 0 Å². The third kappa shape index (κ3) is 5.45. The Labute approximate surface area is 185 Å². The van der Waals surface area contributed by atoms with Crippen molar-refractivity contribution in [2.75, 3.05) is 18.1 Å². The second-order valence-corrected chi connectivity index (χ2v) is 14.0. The van der Waals surface area contributed by atoms with Crippen LogP contribution in [0.15, 0.2) is 0 Å². The molecule has 178 valence electrons. The van der Waals surface area contributed by atoms with Crippen molar-refractivity contribution >= 4 is 26.2 Å². The number of esters is 1. The average molecular weight is 479 g/mol. The Balaban J connectivity index is 1.44. The first-order valence-electron chi connectivity index (χ1n) is 11.4.